The molecule has 0 aliphatic rings. The van der Waals surface area contributed by atoms with Crippen LogP contribution >= 0.6 is 12.2 Å². The Bertz CT molecular complexity index is 456. The molecule has 0 radical (unpaired) electrons. The standard InChI is InChI=1S/C14H29N7O2S/c15-7-3-1-5-9(17)11(20-21-14(19)24)13(23)12(22)10(18)6-2-4-8-16/h9-10H,1-8,15-18H2,(H3,19,21,24)/t9-,10-/m0/s1. The van der Waals surface area contributed by atoms with E-state index in [4.69, 9.17) is 28.7 Å². The highest BCUT2D eigenvalue weighted by Gasteiger charge is 2.29. The molecule has 0 bridgehead atoms. The maximum absolute atomic E-state index is 12.4. The van der Waals surface area contributed by atoms with Gasteiger partial charge in [-0.3, -0.25) is 15.0 Å². The average molecular weight is 360 g/mol. The monoisotopic (exact) mass is 359 g/mol. The van der Waals surface area contributed by atoms with Crippen LogP contribution < -0.4 is 34.1 Å². The largest absolute Gasteiger partial charge is 0.375 e. The highest BCUT2D eigenvalue weighted by Crippen LogP contribution is 2.05. The lowest BCUT2D eigenvalue weighted by molar-refractivity contribution is -0.133. The van der Waals surface area contributed by atoms with Gasteiger partial charge >= 0.3 is 0 Å². The van der Waals surface area contributed by atoms with Crippen LogP contribution in [0.1, 0.15) is 38.5 Å². The first kappa shape index (κ1) is 22.5. The van der Waals surface area contributed by atoms with E-state index in [0.29, 0.717) is 38.8 Å². The van der Waals surface area contributed by atoms with Gasteiger partial charge in [0, 0.05) is 0 Å². The van der Waals surface area contributed by atoms with E-state index in [1.807, 2.05) is 0 Å². The van der Waals surface area contributed by atoms with Gasteiger partial charge in [-0.05, 0) is 51.0 Å². The zero-order valence-corrected chi connectivity index (χ0v) is 14.7. The van der Waals surface area contributed by atoms with Gasteiger partial charge in [0.25, 0.3) is 0 Å². The van der Waals surface area contributed by atoms with Crippen molar-refractivity contribution in [1.82, 2.24) is 5.43 Å². The summed E-state index contributed by atoms with van der Waals surface area (Å²) in [7, 11) is 0. The molecule has 9 nitrogen and oxygen atoms in total. The van der Waals surface area contributed by atoms with Crippen LogP contribution in [0.5, 0.6) is 0 Å². The number of hydrogen-bond donors (Lipinski definition) is 6. The van der Waals surface area contributed by atoms with Crippen LogP contribution in [-0.4, -0.2) is 47.6 Å². The molecule has 10 heteroatoms. The topological polar surface area (TPSA) is 189 Å². The van der Waals surface area contributed by atoms with E-state index in [2.05, 4.69) is 22.7 Å². The smallest absolute Gasteiger partial charge is 0.247 e. The Kier molecular flexibility index (Phi) is 12.1. The van der Waals surface area contributed by atoms with Crippen molar-refractivity contribution in [2.24, 2.45) is 33.8 Å². The molecule has 0 aromatic rings. The fourth-order valence-corrected chi connectivity index (χ4v) is 2.04. The van der Waals surface area contributed by atoms with Gasteiger partial charge in [0.2, 0.25) is 11.6 Å². The van der Waals surface area contributed by atoms with Crippen LogP contribution in [0.25, 0.3) is 0 Å². The van der Waals surface area contributed by atoms with E-state index in [1.165, 1.54) is 0 Å². The molecule has 24 heavy (non-hydrogen) atoms. The SMILES string of the molecule is NCCCC[C@H](N)C(=O)C(=O)C(=NNC(N)=S)[C@@H](N)CCCCN. The molecule has 0 aromatic carbocycles. The van der Waals surface area contributed by atoms with Crippen molar-refractivity contribution in [3.8, 4) is 0 Å². The van der Waals surface area contributed by atoms with Crippen LogP contribution in [0.3, 0.4) is 0 Å². The fourth-order valence-electron chi connectivity index (χ4n) is 2.00. The first-order chi connectivity index (χ1) is 11.3. The molecule has 0 aliphatic heterocycles. The maximum atomic E-state index is 12.4. The minimum Gasteiger partial charge on any atom is -0.375 e. The number of nitrogens with two attached hydrogens (primary N) is 5. The maximum Gasteiger partial charge on any atom is 0.247 e. The molecular formula is C14H29N7O2S. The molecule has 2 atom stereocenters. The normalized spacial score (nSPS) is 14.1. The van der Waals surface area contributed by atoms with E-state index in [-0.39, 0.29) is 10.8 Å². The number of carbonyl (C=O) groups is 2. The summed E-state index contributed by atoms with van der Waals surface area (Å²) in [6, 6.07) is -1.64. The van der Waals surface area contributed by atoms with Crippen molar-refractivity contribution in [3.05, 3.63) is 0 Å². The molecule has 0 heterocycles. The fraction of sp³-hybridized carbons (Fsp3) is 0.714. The third-order valence-electron chi connectivity index (χ3n) is 3.37. The highest BCUT2D eigenvalue weighted by molar-refractivity contribution is 7.80. The quantitative estimate of drug-likeness (QED) is 0.0726. The van der Waals surface area contributed by atoms with Crippen LogP contribution in [0.2, 0.25) is 0 Å². The number of ketones is 2. The van der Waals surface area contributed by atoms with E-state index in [0.717, 1.165) is 12.8 Å². The summed E-state index contributed by atoms with van der Waals surface area (Å²) in [6.45, 7) is 1.02. The molecule has 0 rings (SSSR count). The zero-order valence-electron chi connectivity index (χ0n) is 13.9. The number of nitrogens with one attached hydrogen (secondary N) is 1. The summed E-state index contributed by atoms with van der Waals surface area (Å²) < 4.78 is 0. The Balaban J connectivity index is 4.97. The number of hydrazone groups is 1. The molecule has 0 aliphatic carbocycles. The van der Waals surface area contributed by atoms with E-state index < -0.39 is 23.7 Å². The van der Waals surface area contributed by atoms with Crippen LogP contribution in [-0.2, 0) is 9.59 Å². The van der Waals surface area contributed by atoms with E-state index >= 15 is 0 Å². The van der Waals surface area contributed by atoms with Crippen LogP contribution in [0.4, 0.5) is 0 Å². The van der Waals surface area contributed by atoms with Crippen molar-refractivity contribution in [2.75, 3.05) is 13.1 Å². The molecule has 0 saturated carbocycles. The van der Waals surface area contributed by atoms with Gasteiger partial charge in [-0.1, -0.05) is 12.8 Å². The first-order valence-electron chi connectivity index (χ1n) is 7.98. The van der Waals surface area contributed by atoms with Gasteiger partial charge in [0.1, 0.15) is 5.71 Å². The summed E-state index contributed by atoms with van der Waals surface area (Å²) in [6.07, 6.45) is 3.68. The third-order valence-corrected chi connectivity index (χ3v) is 3.46. The van der Waals surface area contributed by atoms with Crippen molar-refractivity contribution in [3.63, 3.8) is 0 Å². The number of thiocarbonyl (C=S) groups is 1. The Morgan fingerprint density at radius 1 is 0.958 bits per heavy atom. The summed E-state index contributed by atoms with van der Waals surface area (Å²) in [4.78, 5) is 24.6. The number of nitrogens with zero attached hydrogens (tertiary/aromatic N) is 1. The molecule has 11 N–H and O–H groups in total. The van der Waals surface area contributed by atoms with E-state index in [9.17, 15) is 9.59 Å². The van der Waals surface area contributed by atoms with Gasteiger partial charge in [0.05, 0.1) is 12.1 Å². The number of hydrogen-bond acceptors (Lipinski definition) is 8. The number of rotatable bonds is 13. The van der Waals surface area contributed by atoms with Crippen molar-refractivity contribution >= 4 is 34.6 Å². The lowest BCUT2D eigenvalue weighted by Gasteiger charge is -2.15. The van der Waals surface area contributed by atoms with Gasteiger partial charge in [-0.15, -0.1) is 0 Å². The second kappa shape index (κ2) is 12.9. The number of Topliss-reactive ketones (excluding diaryl/α,β-unsaturated/α-hetero) is 2. The van der Waals surface area contributed by atoms with Gasteiger partial charge < -0.3 is 28.7 Å². The molecule has 0 aromatic heterocycles. The van der Waals surface area contributed by atoms with E-state index in [1.54, 1.807) is 0 Å². The van der Waals surface area contributed by atoms with Crippen molar-refractivity contribution in [1.29, 1.82) is 0 Å². The van der Waals surface area contributed by atoms with Crippen molar-refractivity contribution in [2.45, 2.75) is 50.6 Å². The summed E-state index contributed by atoms with van der Waals surface area (Å²) in [5.41, 5.74) is 30.1. The van der Waals surface area contributed by atoms with Gasteiger partial charge in [-0.2, -0.15) is 5.10 Å². The third kappa shape index (κ3) is 8.99. The predicted octanol–water partition coefficient (Wildman–Crippen LogP) is -1.77. The Labute approximate surface area is 147 Å². The summed E-state index contributed by atoms with van der Waals surface area (Å²) in [5, 5.41) is 3.67. The number of unbranched alkanes of at least 4 members (excludes halogenated alkanes) is 2. The van der Waals surface area contributed by atoms with Gasteiger partial charge in [0.15, 0.2) is 5.11 Å². The summed E-state index contributed by atoms with van der Waals surface area (Å²) in [5.74, 6) is -1.55. The van der Waals surface area contributed by atoms with Crippen LogP contribution in [0.15, 0.2) is 5.10 Å². The molecule has 0 unspecified atom stereocenters. The number of carbonyl (C=O) groups excluding carboxylic acids is 2. The second-order valence-corrected chi connectivity index (χ2v) is 5.89. The predicted molar refractivity (Wildman–Crippen MR) is 99.1 cm³/mol. The molecule has 0 saturated heterocycles. The molecule has 0 amide bonds. The molecule has 0 fully saturated rings. The minimum absolute atomic E-state index is 0.126. The molecule has 0 spiro atoms. The minimum atomic E-state index is -0.907. The first-order valence-corrected chi connectivity index (χ1v) is 8.38. The Hall–Kier alpha value is -1.46. The molecule has 138 valence electrons. The highest BCUT2D eigenvalue weighted by atomic mass is 32.1. The van der Waals surface area contributed by atoms with Gasteiger partial charge in [-0.25, -0.2) is 0 Å². The zero-order chi connectivity index (χ0) is 18.5. The lowest BCUT2D eigenvalue weighted by Crippen LogP contribution is -2.46. The molecular weight excluding hydrogens is 330 g/mol. The summed E-state index contributed by atoms with van der Waals surface area (Å²) >= 11 is 4.65. The van der Waals surface area contributed by atoms with Crippen LogP contribution in [0, 0.1) is 0 Å². The average Bonchev–Trinajstić information content (AvgIpc) is 2.54. The van der Waals surface area contributed by atoms with Crippen molar-refractivity contribution < 1.29 is 9.59 Å². The second-order valence-electron chi connectivity index (χ2n) is 5.45. The Morgan fingerprint density at radius 3 is 1.92 bits per heavy atom. The lowest BCUT2D eigenvalue weighted by atomic mass is 9.95. The Morgan fingerprint density at radius 2 is 1.46 bits per heavy atom.